The van der Waals surface area contributed by atoms with Crippen LogP contribution in [-0.2, 0) is 6.61 Å². The number of benzene rings is 1. The summed E-state index contributed by atoms with van der Waals surface area (Å²) >= 11 is 0. The van der Waals surface area contributed by atoms with Crippen molar-refractivity contribution in [3.05, 3.63) is 29.5 Å². The largest absolute Gasteiger partial charge is 0.495 e. The molecule has 0 aliphatic heterocycles. The number of methoxy groups -OCH3 is 1. The summed E-state index contributed by atoms with van der Waals surface area (Å²) in [5.41, 5.74) is 3.02. The summed E-state index contributed by atoms with van der Waals surface area (Å²) in [4.78, 5) is 3.15. The molecule has 2 rings (SSSR count). The van der Waals surface area contributed by atoms with Crippen molar-refractivity contribution in [3.8, 4) is 5.75 Å². The minimum absolute atomic E-state index is 0.0386. The van der Waals surface area contributed by atoms with E-state index in [9.17, 15) is 0 Å². The van der Waals surface area contributed by atoms with Crippen LogP contribution in [0.25, 0.3) is 10.9 Å². The Morgan fingerprint density at radius 1 is 1.43 bits per heavy atom. The molecule has 3 nitrogen and oxygen atoms in total. The molecule has 3 heteroatoms. The molecule has 2 aromatic rings. The van der Waals surface area contributed by atoms with E-state index >= 15 is 0 Å². The van der Waals surface area contributed by atoms with Gasteiger partial charge in [0.05, 0.1) is 19.2 Å². The Hall–Kier alpha value is -1.48. The van der Waals surface area contributed by atoms with Crippen LogP contribution in [0.2, 0.25) is 0 Å². The number of aromatic amines is 1. The Kier molecular flexibility index (Phi) is 2.17. The summed E-state index contributed by atoms with van der Waals surface area (Å²) in [7, 11) is 1.63. The van der Waals surface area contributed by atoms with Crippen LogP contribution in [0.3, 0.4) is 0 Å². The monoisotopic (exact) mass is 191 g/mol. The summed E-state index contributed by atoms with van der Waals surface area (Å²) in [6.45, 7) is 2.07. The zero-order valence-electron chi connectivity index (χ0n) is 8.29. The minimum atomic E-state index is 0.0386. The average molecular weight is 191 g/mol. The van der Waals surface area contributed by atoms with Gasteiger partial charge in [0.15, 0.2) is 0 Å². The van der Waals surface area contributed by atoms with Gasteiger partial charge in [-0.2, -0.15) is 0 Å². The van der Waals surface area contributed by atoms with Gasteiger partial charge < -0.3 is 14.8 Å². The van der Waals surface area contributed by atoms with E-state index in [0.29, 0.717) is 0 Å². The minimum Gasteiger partial charge on any atom is -0.495 e. The first-order valence-electron chi connectivity index (χ1n) is 4.51. The molecule has 0 amide bonds. The zero-order valence-corrected chi connectivity index (χ0v) is 8.29. The van der Waals surface area contributed by atoms with Crippen molar-refractivity contribution in [2.24, 2.45) is 0 Å². The van der Waals surface area contributed by atoms with E-state index in [1.165, 1.54) is 0 Å². The van der Waals surface area contributed by atoms with Crippen LogP contribution >= 0.6 is 0 Å². The van der Waals surface area contributed by atoms with E-state index in [4.69, 9.17) is 9.84 Å². The van der Waals surface area contributed by atoms with Crippen molar-refractivity contribution in [2.75, 3.05) is 7.11 Å². The number of hydrogen-bond donors (Lipinski definition) is 2. The molecule has 0 saturated carbocycles. The molecule has 0 aliphatic rings. The summed E-state index contributed by atoms with van der Waals surface area (Å²) in [6, 6.07) is 3.82. The van der Waals surface area contributed by atoms with Gasteiger partial charge in [-0.3, -0.25) is 0 Å². The number of rotatable bonds is 2. The molecule has 0 radical (unpaired) electrons. The number of aliphatic hydroxyl groups excluding tert-OH is 1. The molecule has 0 fully saturated rings. The maximum Gasteiger partial charge on any atom is 0.143 e. The molecule has 0 aliphatic carbocycles. The lowest BCUT2D eigenvalue weighted by atomic mass is 10.1. The third kappa shape index (κ3) is 1.26. The lowest BCUT2D eigenvalue weighted by Gasteiger charge is -2.04. The summed E-state index contributed by atoms with van der Waals surface area (Å²) in [5, 5.41) is 10.2. The standard InChI is InChI=1S/C11H13NO2/c1-7-5-12-11-9(7)3-8(6-13)4-10(11)14-2/h3-5,12-13H,6H2,1-2H3. The van der Waals surface area contributed by atoms with Crippen molar-refractivity contribution >= 4 is 10.9 Å². The van der Waals surface area contributed by atoms with E-state index < -0.39 is 0 Å². The van der Waals surface area contributed by atoms with Crippen LogP contribution in [0.4, 0.5) is 0 Å². The molecule has 2 N–H and O–H groups in total. The van der Waals surface area contributed by atoms with Crippen LogP contribution in [0, 0.1) is 6.92 Å². The highest BCUT2D eigenvalue weighted by molar-refractivity contribution is 5.88. The van der Waals surface area contributed by atoms with E-state index in [0.717, 1.165) is 27.8 Å². The second kappa shape index (κ2) is 3.35. The van der Waals surface area contributed by atoms with Crippen LogP contribution < -0.4 is 4.74 Å². The Morgan fingerprint density at radius 3 is 2.86 bits per heavy atom. The van der Waals surface area contributed by atoms with Crippen LogP contribution in [0.5, 0.6) is 5.75 Å². The first-order valence-corrected chi connectivity index (χ1v) is 4.51. The van der Waals surface area contributed by atoms with Gasteiger partial charge in [0.1, 0.15) is 5.75 Å². The fourth-order valence-corrected chi connectivity index (χ4v) is 1.64. The number of H-pyrrole nitrogens is 1. The van der Waals surface area contributed by atoms with Gasteiger partial charge in [0, 0.05) is 11.6 Å². The number of ether oxygens (including phenoxy) is 1. The van der Waals surface area contributed by atoms with E-state index in [1.807, 2.05) is 25.3 Å². The molecule has 1 aromatic carbocycles. The molecule has 1 heterocycles. The van der Waals surface area contributed by atoms with E-state index in [1.54, 1.807) is 7.11 Å². The third-order valence-electron chi connectivity index (χ3n) is 2.42. The molecule has 0 bridgehead atoms. The van der Waals surface area contributed by atoms with Crippen molar-refractivity contribution in [1.82, 2.24) is 4.98 Å². The molecular formula is C11H13NO2. The normalized spacial score (nSPS) is 10.8. The Bertz CT molecular complexity index is 460. The van der Waals surface area contributed by atoms with E-state index in [-0.39, 0.29) is 6.61 Å². The molecular weight excluding hydrogens is 178 g/mol. The number of aryl methyl sites for hydroxylation is 1. The molecule has 0 atom stereocenters. The quantitative estimate of drug-likeness (QED) is 0.762. The molecule has 0 unspecified atom stereocenters. The topological polar surface area (TPSA) is 45.2 Å². The van der Waals surface area contributed by atoms with Gasteiger partial charge in [0.25, 0.3) is 0 Å². The highest BCUT2D eigenvalue weighted by atomic mass is 16.5. The molecule has 1 aromatic heterocycles. The number of nitrogens with one attached hydrogen (secondary N) is 1. The van der Waals surface area contributed by atoms with Gasteiger partial charge in [-0.05, 0) is 30.2 Å². The Morgan fingerprint density at radius 2 is 2.21 bits per heavy atom. The number of fused-ring (bicyclic) bond motifs is 1. The van der Waals surface area contributed by atoms with Gasteiger partial charge in [0.2, 0.25) is 0 Å². The number of aliphatic hydroxyl groups is 1. The second-order valence-electron chi connectivity index (χ2n) is 3.35. The van der Waals surface area contributed by atoms with Crippen LogP contribution in [-0.4, -0.2) is 17.2 Å². The van der Waals surface area contributed by atoms with Crippen molar-refractivity contribution in [3.63, 3.8) is 0 Å². The molecule has 74 valence electrons. The fraction of sp³-hybridized carbons (Fsp3) is 0.273. The molecule has 0 spiro atoms. The lowest BCUT2D eigenvalue weighted by molar-refractivity contribution is 0.281. The Balaban J connectivity index is 2.76. The first-order chi connectivity index (χ1) is 6.76. The summed E-state index contributed by atoms with van der Waals surface area (Å²) in [6.07, 6.45) is 1.94. The van der Waals surface area contributed by atoms with Gasteiger partial charge in [-0.1, -0.05) is 0 Å². The highest BCUT2D eigenvalue weighted by Gasteiger charge is 2.07. The summed E-state index contributed by atoms with van der Waals surface area (Å²) < 4.78 is 5.24. The van der Waals surface area contributed by atoms with Gasteiger partial charge in [-0.25, -0.2) is 0 Å². The maximum atomic E-state index is 9.08. The lowest BCUT2D eigenvalue weighted by Crippen LogP contribution is -1.89. The fourth-order valence-electron chi connectivity index (χ4n) is 1.64. The SMILES string of the molecule is COc1cc(CO)cc2c(C)c[nH]c12. The van der Waals surface area contributed by atoms with Crippen LogP contribution in [0.1, 0.15) is 11.1 Å². The predicted molar refractivity (Wildman–Crippen MR) is 55.5 cm³/mol. The average Bonchev–Trinajstić information content (AvgIpc) is 2.59. The predicted octanol–water partition coefficient (Wildman–Crippen LogP) is 1.98. The number of aromatic nitrogens is 1. The summed E-state index contributed by atoms with van der Waals surface area (Å²) in [5.74, 6) is 0.777. The third-order valence-corrected chi connectivity index (χ3v) is 2.42. The van der Waals surface area contributed by atoms with Crippen molar-refractivity contribution in [2.45, 2.75) is 13.5 Å². The second-order valence-corrected chi connectivity index (χ2v) is 3.35. The zero-order chi connectivity index (χ0) is 10.1. The molecule has 0 saturated heterocycles. The van der Waals surface area contributed by atoms with Crippen LogP contribution in [0.15, 0.2) is 18.3 Å². The van der Waals surface area contributed by atoms with Gasteiger partial charge >= 0.3 is 0 Å². The van der Waals surface area contributed by atoms with Gasteiger partial charge in [-0.15, -0.1) is 0 Å². The molecule has 14 heavy (non-hydrogen) atoms. The first kappa shape index (κ1) is 9.09. The van der Waals surface area contributed by atoms with Crippen molar-refractivity contribution < 1.29 is 9.84 Å². The maximum absolute atomic E-state index is 9.08. The van der Waals surface area contributed by atoms with E-state index in [2.05, 4.69) is 4.98 Å². The van der Waals surface area contributed by atoms with Crippen molar-refractivity contribution in [1.29, 1.82) is 0 Å². The highest BCUT2D eigenvalue weighted by Crippen LogP contribution is 2.28. The smallest absolute Gasteiger partial charge is 0.143 e. The number of hydrogen-bond acceptors (Lipinski definition) is 2. The Labute approximate surface area is 82.3 Å².